The third kappa shape index (κ3) is 9.51. The molecule has 17 heteroatoms. The predicted octanol–water partition coefficient (Wildman–Crippen LogP) is 5.59. The SMILES string of the molecule is Cc1cc(Cl)ncc1-c1ccccc1C[C@H](NC(=O)c1cc(Cl)cn(Cc2ccc(Cl)cc2)c1=O)C(=O)NCCCNc1cccc2c1C(=O)N(C1CCC(=O)NC1=O)C2=O. The molecule has 4 heterocycles. The van der Waals surface area contributed by atoms with E-state index < -0.39 is 53.1 Å². The lowest BCUT2D eigenvalue weighted by molar-refractivity contribution is -0.136. The number of hydrogen-bond acceptors (Lipinski definition) is 9. The molecule has 0 saturated carbocycles. The number of anilines is 1. The number of rotatable bonds is 14. The Morgan fingerprint density at radius 3 is 2.38 bits per heavy atom. The van der Waals surface area contributed by atoms with Crippen molar-refractivity contribution in [1.82, 2.24) is 30.4 Å². The average molecular weight is 883 g/mol. The van der Waals surface area contributed by atoms with E-state index in [-0.39, 0.29) is 60.6 Å². The van der Waals surface area contributed by atoms with Crippen LogP contribution in [0.3, 0.4) is 0 Å². The third-order valence-electron chi connectivity index (χ3n) is 10.4. The average Bonchev–Trinajstić information content (AvgIpc) is 3.48. The Morgan fingerprint density at radius 1 is 0.869 bits per heavy atom. The number of benzene rings is 3. The summed E-state index contributed by atoms with van der Waals surface area (Å²) in [4.78, 5) is 97.8. The Hall–Kier alpha value is -6.35. The standard InChI is InChI=1S/C44H38Cl3N7O7/c1-24-18-36(47)50-21-32(24)29-7-3-2-6-26(29)19-34(51-39(56)31-20-28(46)23-53(42(31)59)22-25-10-12-27(45)13-11-25)40(57)49-17-5-16-48-33-9-4-8-30-38(33)44(61)54(43(30)60)35-14-15-37(55)52-41(35)58/h2-4,6-13,18,20-21,23,34-35,48H,5,14-17,19,22H2,1H3,(H,49,57)(H,51,56)(H,52,55,58)/t34-,35?/m0/s1. The first-order chi connectivity index (χ1) is 29.3. The van der Waals surface area contributed by atoms with Gasteiger partial charge in [0.2, 0.25) is 17.7 Å². The van der Waals surface area contributed by atoms with Crippen LogP contribution in [0, 0.1) is 6.92 Å². The number of imide groups is 2. The molecule has 7 rings (SSSR count). The fraction of sp³-hybridized carbons (Fsp3) is 0.227. The number of nitrogens with zero attached hydrogens (tertiary/aromatic N) is 3. The molecule has 312 valence electrons. The molecule has 4 N–H and O–H groups in total. The Labute approximate surface area is 364 Å². The Morgan fingerprint density at radius 2 is 1.62 bits per heavy atom. The number of piperidine rings is 1. The maximum Gasteiger partial charge on any atom is 0.264 e. The third-order valence-corrected chi connectivity index (χ3v) is 11.1. The van der Waals surface area contributed by atoms with Gasteiger partial charge < -0.3 is 20.5 Å². The van der Waals surface area contributed by atoms with Gasteiger partial charge >= 0.3 is 0 Å². The maximum absolute atomic E-state index is 14.0. The van der Waals surface area contributed by atoms with E-state index in [1.807, 2.05) is 31.2 Å². The lowest BCUT2D eigenvalue weighted by Crippen LogP contribution is -2.54. The predicted molar refractivity (Wildman–Crippen MR) is 230 cm³/mol. The molecule has 3 aromatic carbocycles. The summed E-state index contributed by atoms with van der Waals surface area (Å²) in [7, 11) is 0. The van der Waals surface area contributed by atoms with Crippen molar-refractivity contribution in [2.75, 3.05) is 18.4 Å². The number of pyridine rings is 2. The number of hydrogen-bond donors (Lipinski definition) is 4. The number of halogens is 3. The monoisotopic (exact) mass is 881 g/mol. The van der Waals surface area contributed by atoms with E-state index in [9.17, 15) is 33.6 Å². The second kappa shape index (κ2) is 18.5. The van der Waals surface area contributed by atoms with Gasteiger partial charge in [-0.05, 0) is 78.4 Å². The van der Waals surface area contributed by atoms with Gasteiger partial charge in [0.15, 0.2) is 0 Å². The van der Waals surface area contributed by atoms with E-state index in [0.717, 1.165) is 27.2 Å². The summed E-state index contributed by atoms with van der Waals surface area (Å²) < 4.78 is 1.31. The van der Waals surface area contributed by atoms with Crippen molar-refractivity contribution < 1.29 is 28.8 Å². The summed E-state index contributed by atoms with van der Waals surface area (Å²) in [6.07, 6.45) is 3.49. The van der Waals surface area contributed by atoms with Crippen LogP contribution >= 0.6 is 34.8 Å². The zero-order valence-corrected chi connectivity index (χ0v) is 34.9. The topological polar surface area (TPSA) is 189 Å². The van der Waals surface area contributed by atoms with Crippen molar-refractivity contribution in [3.63, 3.8) is 0 Å². The zero-order chi connectivity index (χ0) is 43.4. The van der Waals surface area contributed by atoms with Crippen molar-refractivity contribution in [3.8, 4) is 11.1 Å². The van der Waals surface area contributed by atoms with Crippen LogP contribution in [0.1, 0.15) is 67.0 Å². The molecule has 5 aromatic rings. The summed E-state index contributed by atoms with van der Waals surface area (Å²) >= 11 is 18.6. The van der Waals surface area contributed by atoms with E-state index >= 15 is 0 Å². The zero-order valence-electron chi connectivity index (χ0n) is 32.6. The van der Waals surface area contributed by atoms with Gasteiger partial charge in [0.05, 0.1) is 22.7 Å². The highest BCUT2D eigenvalue weighted by atomic mass is 35.5. The minimum Gasteiger partial charge on any atom is -0.384 e. The molecule has 1 unspecified atom stereocenters. The molecule has 14 nitrogen and oxygen atoms in total. The van der Waals surface area contributed by atoms with E-state index in [1.165, 1.54) is 22.9 Å². The molecular weight excluding hydrogens is 845 g/mol. The van der Waals surface area contributed by atoms with E-state index in [1.54, 1.807) is 48.7 Å². The molecular formula is C44H38Cl3N7O7. The molecule has 1 fully saturated rings. The van der Waals surface area contributed by atoms with Crippen molar-refractivity contribution >= 4 is 75.9 Å². The number of carbonyl (C=O) groups is 6. The maximum atomic E-state index is 14.0. The molecule has 2 atom stereocenters. The normalized spacial score (nSPS) is 15.3. The van der Waals surface area contributed by atoms with Crippen molar-refractivity contribution in [2.24, 2.45) is 0 Å². The lowest BCUT2D eigenvalue weighted by atomic mass is 9.93. The number of nitrogens with one attached hydrogen (secondary N) is 4. The molecule has 0 spiro atoms. The van der Waals surface area contributed by atoms with Crippen LogP contribution in [-0.4, -0.2) is 75.1 Å². The van der Waals surface area contributed by atoms with Crippen molar-refractivity contribution in [1.29, 1.82) is 0 Å². The van der Waals surface area contributed by atoms with Crippen LogP contribution in [0.4, 0.5) is 5.69 Å². The molecule has 0 aliphatic carbocycles. The molecule has 61 heavy (non-hydrogen) atoms. The smallest absolute Gasteiger partial charge is 0.264 e. The van der Waals surface area contributed by atoms with Gasteiger partial charge in [-0.3, -0.25) is 43.8 Å². The molecule has 2 aliphatic rings. The molecule has 2 aliphatic heterocycles. The highest BCUT2D eigenvalue weighted by Crippen LogP contribution is 2.33. The highest BCUT2D eigenvalue weighted by Gasteiger charge is 2.45. The molecule has 2 aromatic heterocycles. The lowest BCUT2D eigenvalue weighted by Gasteiger charge is -2.27. The van der Waals surface area contributed by atoms with Crippen LogP contribution in [0.15, 0.2) is 96.1 Å². The van der Waals surface area contributed by atoms with Gasteiger partial charge in [-0.15, -0.1) is 0 Å². The molecule has 1 saturated heterocycles. The van der Waals surface area contributed by atoms with Crippen LogP contribution in [0.2, 0.25) is 15.2 Å². The quantitative estimate of drug-likeness (QED) is 0.0627. The molecule has 0 bridgehead atoms. The van der Waals surface area contributed by atoms with Crippen molar-refractivity contribution in [2.45, 2.75) is 51.2 Å². The minimum absolute atomic E-state index is 0.00258. The summed E-state index contributed by atoms with van der Waals surface area (Å²) in [5.74, 6) is -3.77. The van der Waals surface area contributed by atoms with Gasteiger partial charge in [-0.2, -0.15) is 0 Å². The largest absolute Gasteiger partial charge is 0.384 e. The number of aromatic nitrogens is 2. The van der Waals surface area contributed by atoms with Crippen LogP contribution in [-0.2, 0) is 27.3 Å². The van der Waals surface area contributed by atoms with E-state index in [0.29, 0.717) is 27.8 Å². The number of aryl methyl sites for hydroxylation is 1. The summed E-state index contributed by atoms with van der Waals surface area (Å²) in [6, 6.07) is 19.7. The van der Waals surface area contributed by atoms with Crippen LogP contribution < -0.4 is 26.8 Å². The summed E-state index contributed by atoms with van der Waals surface area (Å²) in [5, 5.41) is 12.0. The van der Waals surface area contributed by atoms with Crippen molar-refractivity contribution in [3.05, 3.63) is 150 Å². The number of carbonyl (C=O) groups excluding carboxylic acids is 6. The first kappa shape index (κ1) is 42.8. The Kier molecular flexibility index (Phi) is 13.0. The first-order valence-corrected chi connectivity index (χ1v) is 20.4. The molecule has 0 radical (unpaired) electrons. The van der Waals surface area contributed by atoms with E-state index in [4.69, 9.17) is 34.8 Å². The fourth-order valence-electron chi connectivity index (χ4n) is 7.40. The van der Waals surface area contributed by atoms with Gasteiger partial charge in [0, 0.05) is 54.6 Å². The van der Waals surface area contributed by atoms with Crippen LogP contribution in [0.5, 0.6) is 0 Å². The minimum atomic E-state index is -1.16. The number of amides is 6. The fourth-order valence-corrected chi connectivity index (χ4v) is 7.97. The summed E-state index contributed by atoms with van der Waals surface area (Å²) in [5.41, 5.74) is 3.62. The van der Waals surface area contributed by atoms with Gasteiger partial charge in [-0.1, -0.05) is 77.3 Å². The van der Waals surface area contributed by atoms with Gasteiger partial charge in [0.1, 0.15) is 22.8 Å². The Balaban J connectivity index is 1.07. The van der Waals surface area contributed by atoms with E-state index in [2.05, 4.69) is 26.3 Å². The Bertz CT molecular complexity index is 2650. The second-order valence-electron chi connectivity index (χ2n) is 14.6. The highest BCUT2D eigenvalue weighted by molar-refractivity contribution is 6.31. The first-order valence-electron chi connectivity index (χ1n) is 19.3. The summed E-state index contributed by atoms with van der Waals surface area (Å²) in [6.45, 7) is 2.40. The number of fused-ring (bicyclic) bond motifs is 1. The van der Waals surface area contributed by atoms with Crippen LogP contribution in [0.25, 0.3) is 11.1 Å². The van der Waals surface area contributed by atoms with Gasteiger partial charge in [0.25, 0.3) is 23.3 Å². The molecule has 6 amide bonds. The second-order valence-corrected chi connectivity index (χ2v) is 15.8. The van der Waals surface area contributed by atoms with Gasteiger partial charge in [-0.25, -0.2) is 4.98 Å².